The summed E-state index contributed by atoms with van der Waals surface area (Å²) in [5, 5.41) is 3.75. The first-order chi connectivity index (χ1) is 9.29. The average Bonchev–Trinajstić information content (AvgIpc) is 3.21. The predicted octanol–water partition coefficient (Wildman–Crippen LogP) is 2.90. The highest BCUT2D eigenvalue weighted by atomic mass is 15.1. The van der Waals surface area contributed by atoms with Crippen LogP contribution in [0.2, 0.25) is 0 Å². The molecule has 0 spiro atoms. The van der Waals surface area contributed by atoms with Crippen LogP contribution in [0.1, 0.15) is 31.2 Å². The third kappa shape index (κ3) is 4.05. The monoisotopic (exact) mass is 258 g/mol. The highest BCUT2D eigenvalue weighted by Crippen LogP contribution is 2.37. The number of hydrogen-bond donors (Lipinski definition) is 1. The van der Waals surface area contributed by atoms with Gasteiger partial charge in [0.15, 0.2) is 0 Å². The highest BCUT2D eigenvalue weighted by molar-refractivity contribution is 5.14. The molecule has 2 heteroatoms. The lowest BCUT2D eigenvalue weighted by atomic mass is 9.90. The predicted molar refractivity (Wildman–Crippen MR) is 80.0 cm³/mol. The Morgan fingerprint density at radius 2 is 1.89 bits per heavy atom. The Bertz CT molecular complexity index is 384. The Labute approximate surface area is 117 Å². The van der Waals surface area contributed by atoms with Crippen LogP contribution in [0.4, 0.5) is 0 Å². The summed E-state index contributed by atoms with van der Waals surface area (Å²) in [4.78, 5) is 2.51. The van der Waals surface area contributed by atoms with E-state index in [2.05, 4.69) is 47.6 Å². The quantitative estimate of drug-likeness (QED) is 0.873. The number of rotatable bonds is 5. The first-order valence-electron chi connectivity index (χ1n) is 7.75. The molecule has 3 rings (SSSR count). The number of hydrogen-bond acceptors (Lipinski definition) is 2. The molecule has 1 aromatic carbocycles. The fourth-order valence-corrected chi connectivity index (χ4v) is 3.44. The summed E-state index contributed by atoms with van der Waals surface area (Å²) in [6, 6.07) is 11.4. The fourth-order valence-electron chi connectivity index (χ4n) is 3.44. The van der Waals surface area contributed by atoms with Crippen LogP contribution in [-0.2, 0) is 6.54 Å². The van der Waals surface area contributed by atoms with E-state index in [1.807, 2.05) is 0 Å². The Morgan fingerprint density at radius 3 is 2.63 bits per heavy atom. The van der Waals surface area contributed by atoms with Crippen molar-refractivity contribution in [3.63, 3.8) is 0 Å². The number of nitrogens with zero attached hydrogens (tertiary/aromatic N) is 1. The first-order valence-corrected chi connectivity index (χ1v) is 7.75. The minimum Gasteiger partial charge on any atom is -0.309 e. The number of likely N-dealkylation sites (tertiary alicyclic amines) is 1. The molecule has 1 heterocycles. The summed E-state index contributed by atoms with van der Waals surface area (Å²) < 4.78 is 0. The topological polar surface area (TPSA) is 15.3 Å². The lowest BCUT2D eigenvalue weighted by Gasteiger charge is -2.36. The van der Waals surface area contributed by atoms with E-state index in [1.54, 1.807) is 0 Å². The molecule has 0 aromatic heterocycles. The molecule has 0 amide bonds. The average molecular weight is 258 g/mol. The highest BCUT2D eigenvalue weighted by Gasteiger charge is 2.30. The van der Waals surface area contributed by atoms with Crippen molar-refractivity contribution < 1.29 is 0 Å². The minimum atomic E-state index is 0.669. The zero-order valence-electron chi connectivity index (χ0n) is 12.0. The van der Waals surface area contributed by atoms with Crippen molar-refractivity contribution >= 4 is 0 Å². The molecule has 2 fully saturated rings. The van der Waals surface area contributed by atoms with Crippen molar-refractivity contribution in [1.82, 2.24) is 10.2 Å². The van der Waals surface area contributed by atoms with Gasteiger partial charge in [-0.15, -0.1) is 0 Å². The van der Waals surface area contributed by atoms with Gasteiger partial charge in [-0.05, 0) is 37.3 Å². The van der Waals surface area contributed by atoms with Gasteiger partial charge in [0.25, 0.3) is 0 Å². The van der Waals surface area contributed by atoms with Crippen LogP contribution >= 0.6 is 0 Å². The summed E-state index contributed by atoms with van der Waals surface area (Å²) >= 11 is 0. The van der Waals surface area contributed by atoms with Gasteiger partial charge in [0.2, 0.25) is 0 Å². The largest absolute Gasteiger partial charge is 0.309 e. The third-order valence-corrected chi connectivity index (χ3v) is 4.52. The Hall–Kier alpha value is -0.860. The summed E-state index contributed by atoms with van der Waals surface area (Å²) in [7, 11) is 2.27. The molecule has 1 aliphatic heterocycles. The molecular weight excluding hydrogens is 232 g/mol. The van der Waals surface area contributed by atoms with E-state index in [0.717, 1.165) is 18.4 Å². The molecule has 1 saturated heterocycles. The molecule has 1 aromatic rings. The van der Waals surface area contributed by atoms with Crippen LogP contribution in [0.25, 0.3) is 0 Å². The summed E-state index contributed by atoms with van der Waals surface area (Å²) in [5.74, 6) is 1.98. The number of nitrogens with one attached hydrogen (secondary N) is 1. The lowest BCUT2D eigenvalue weighted by Crippen LogP contribution is -2.47. The second-order valence-electron chi connectivity index (χ2n) is 6.57. The van der Waals surface area contributed by atoms with Crippen molar-refractivity contribution in [1.29, 1.82) is 0 Å². The van der Waals surface area contributed by atoms with Gasteiger partial charge >= 0.3 is 0 Å². The summed E-state index contributed by atoms with van der Waals surface area (Å²) in [6.45, 7) is 3.52. The molecule has 0 bridgehead atoms. The first kappa shape index (κ1) is 13.1. The SMILES string of the molecule is CN1CC(CC2CC2)CC(NCc2ccccc2)C1. The van der Waals surface area contributed by atoms with Gasteiger partial charge < -0.3 is 10.2 Å². The van der Waals surface area contributed by atoms with E-state index in [0.29, 0.717) is 6.04 Å². The van der Waals surface area contributed by atoms with Crippen LogP contribution in [0.15, 0.2) is 30.3 Å². The molecule has 1 saturated carbocycles. The molecule has 2 nitrogen and oxygen atoms in total. The van der Waals surface area contributed by atoms with Crippen molar-refractivity contribution in [2.24, 2.45) is 11.8 Å². The number of piperidine rings is 1. The lowest BCUT2D eigenvalue weighted by molar-refractivity contribution is 0.158. The van der Waals surface area contributed by atoms with Gasteiger partial charge in [-0.25, -0.2) is 0 Å². The van der Waals surface area contributed by atoms with Gasteiger partial charge in [-0.1, -0.05) is 43.2 Å². The molecule has 2 atom stereocenters. The second kappa shape index (κ2) is 6.06. The van der Waals surface area contributed by atoms with Crippen LogP contribution in [-0.4, -0.2) is 31.1 Å². The van der Waals surface area contributed by atoms with Gasteiger partial charge in [0.05, 0.1) is 0 Å². The molecular formula is C17H26N2. The van der Waals surface area contributed by atoms with Gasteiger partial charge in [0.1, 0.15) is 0 Å². The van der Waals surface area contributed by atoms with Crippen LogP contribution in [0, 0.1) is 11.8 Å². The maximum atomic E-state index is 3.75. The summed E-state index contributed by atoms with van der Waals surface area (Å²) in [6.07, 6.45) is 5.81. The van der Waals surface area contributed by atoms with Crippen molar-refractivity contribution in [2.45, 2.75) is 38.3 Å². The van der Waals surface area contributed by atoms with Crippen molar-refractivity contribution in [3.8, 4) is 0 Å². The van der Waals surface area contributed by atoms with Crippen molar-refractivity contribution in [2.75, 3.05) is 20.1 Å². The zero-order valence-corrected chi connectivity index (χ0v) is 12.0. The number of likely N-dealkylation sites (N-methyl/N-ethyl adjacent to an activating group) is 1. The maximum Gasteiger partial charge on any atom is 0.0208 e. The Morgan fingerprint density at radius 1 is 1.11 bits per heavy atom. The standard InChI is InChI=1S/C17H26N2/c1-19-12-16(9-14-7-8-14)10-17(13-19)18-11-15-5-3-2-4-6-15/h2-6,14,16-18H,7-13H2,1H3. The molecule has 1 N–H and O–H groups in total. The van der Waals surface area contributed by atoms with E-state index in [1.165, 1.54) is 44.3 Å². The molecule has 19 heavy (non-hydrogen) atoms. The van der Waals surface area contributed by atoms with Gasteiger partial charge in [-0.2, -0.15) is 0 Å². The fraction of sp³-hybridized carbons (Fsp3) is 0.647. The zero-order chi connectivity index (χ0) is 13.1. The maximum absolute atomic E-state index is 3.75. The van der Waals surface area contributed by atoms with Gasteiger partial charge in [-0.3, -0.25) is 0 Å². The molecule has 0 radical (unpaired) electrons. The smallest absolute Gasteiger partial charge is 0.0208 e. The Balaban J connectivity index is 1.49. The van der Waals surface area contributed by atoms with Crippen LogP contribution in [0.5, 0.6) is 0 Å². The number of benzene rings is 1. The summed E-state index contributed by atoms with van der Waals surface area (Å²) in [5.41, 5.74) is 1.40. The van der Waals surface area contributed by atoms with Crippen LogP contribution < -0.4 is 5.32 Å². The molecule has 2 unspecified atom stereocenters. The normalized spacial score (nSPS) is 28.5. The van der Waals surface area contributed by atoms with Gasteiger partial charge in [0, 0.05) is 25.7 Å². The molecule has 2 aliphatic rings. The van der Waals surface area contributed by atoms with Crippen molar-refractivity contribution in [3.05, 3.63) is 35.9 Å². The Kier molecular flexibility index (Phi) is 4.19. The third-order valence-electron chi connectivity index (χ3n) is 4.52. The van der Waals surface area contributed by atoms with E-state index < -0.39 is 0 Å². The molecule has 104 valence electrons. The minimum absolute atomic E-state index is 0.669. The molecule has 1 aliphatic carbocycles. The van der Waals surface area contributed by atoms with E-state index in [4.69, 9.17) is 0 Å². The van der Waals surface area contributed by atoms with E-state index in [9.17, 15) is 0 Å². The second-order valence-corrected chi connectivity index (χ2v) is 6.57. The van der Waals surface area contributed by atoms with E-state index >= 15 is 0 Å². The van der Waals surface area contributed by atoms with Crippen LogP contribution in [0.3, 0.4) is 0 Å². The van der Waals surface area contributed by atoms with E-state index in [-0.39, 0.29) is 0 Å².